The molecule has 6 nitrogen and oxygen atoms in total. The van der Waals surface area contributed by atoms with Gasteiger partial charge in [0.25, 0.3) is 5.56 Å². The first-order valence-electron chi connectivity index (χ1n) is 8.34. The third kappa shape index (κ3) is 3.75. The summed E-state index contributed by atoms with van der Waals surface area (Å²) in [5.41, 5.74) is 2.54. The lowest BCUT2D eigenvalue weighted by atomic mass is 10.2. The van der Waals surface area contributed by atoms with Gasteiger partial charge in [0.15, 0.2) is 0 Å². The molecule has 0 spiro atoms. The molecule has 0 amide bonds. The number of nitrogens with zero attached hydrogens (tertiary/aromatic N) is 4. The SMILES string of the molecule is Cc1nn(CCN[C@@H](C)Cn2cnc3ccccc3c2=O)c(C)c1Cl. The molecule has 2 heterocycles. The standard InChI is InChI=1S/C18H22ClN5O/c1-12(20-8-9-24-14(3)17(19)13(2)22-24)10-23-11-21-16-7-5-4-6-15(16)18(23)25/h4-7,11-12,20H,8-10H2,1-3H3/t12-/m0/s1. The Balaban J connectivity index is 1.61. The molecule has 0 unspecified atom stereocenters. The van der Waals surface area contributed by atoms with E-state index in [0.29, 0.717) is 11.9 Å². The smallest absolute Gasteiger partial charge is 0.261 e. The molecule has 0 aliphatic heterocycles. The van der Waals surface area contributed by atoms with Gasteiger partial charge in [-0.3, -0.25) is 14.0 Å². The maximum absolute atomic E-state index is 12.5. The van der Waals surface area contributed by atoms with Crippen LogP contribution >= 0.6 is 11.6 Å². The molecule has 1 atom stereocenters. The lowest BCUT2D eigenvalue weighted by Crippen LogP contribution is -2.36. The molecule has 0 saturated carbocycles. The lowest BCUT2D eigenvalue weighted by molar-refractivity contribution is 0.442. The number of nitrogens with one attached hydrogen (secondary N) is 1. The minimum atomic E-state index is -0.00965. The van der Waals surface area contributed by atoms with Crippen LogP contribution < -0.4 is 10.9 Å². The highest BCUT2D eigenvalue weighted by Gasteiger charge is 2.10. The molecule has 2 aromatic heterocycles. The zero-order valence-corrected chi connectivity index (χ0v) is 15.4. The Morgan fingerprint density at radius 2 is 2.04 bits per heavy atom. The second-order valence-corrected chi connectivity index (χ2v) is 6.66. The van der Waals surface area contributed by atoms with Gasteiger partial charge in [-0.15, -0.1) is 0 Å². The van der Waals surface area contributed by atoms with Crippen LogP contribution in [0.4, 0.5) is 0 Å². The molecule has 0 saturated heterocycles. The summed E-state index contributed by atoms with van der Waals surface area (Å²) in [6.45, 7) is 7.96. The zero-order chi connectivity index (χ0) is 18.0. The van der Waals surface area contributed by atoms with E-state index in [2.05, 4.69) is 22.3 Å². The molecule has 3 aromatic rings. The maximum atomic E-state index is 12.5. The summed E-state index contributed by atoms with van der Waals surface area (Å²) in [5, 5.41) is 9.21. The molecule has 3 rings (SSSR count). The minimum absolute atomic E-state index is 0.00965. The average Bonchev–Trinajstić information content (AvgIpc) is 2.85. The molecule has 0 aliphatic rings. The van der Waals surface area contributed by atoms with Crippen LogP contribution in [0.3, 0.4) is 0 Å². The summed E-state index contributed by atoms with van der Waals surface area (Å²) >= 11 is 6.16. The van der Waals surface area contributed by atoms with E-state index in [4.69, 9.17) is 11.6 Å². The van der Waals surface area contributed by atoms with Gasteiger partial charge in [0, 0.05) is 19.1 Å². The first-order chi connectivity index (χ1) is 12.0. The van der Waals surface area contributed by atoms with Gasteiger partial charge in [-0.25, -0.2) is 4.98 Å². The Hall–Kier alpha value is -2.18. The van der Waals surface area contributed by atoms with Crippen LogP contribution in [0, 0.1) is 13.8 Å². The van der Waals surface area contributed by atoms with Crippen LogP contribution in [-0.2, 0) is 13.1 Å². The fraction of sp³-hybridized carbons (Fsp3) is 0.389. The number of rotatable bonds is 6. The van der Waals surface area contributed by atoms with Crippen molar-refractivity contribution >= 4 is 22.5 Å². The zero-order valence-electron chi connectivity index (χ0n) is 14.7. The van der Waals surface area contributed by atoms with Crippen LogP contribution in [0.15, 0.2) is 35.4 Å². The van der Waals surface area contributed by atoms with E-state index in [1.165, 1.54) is 0 Å². The molecule has 25 heavy (non-hydrogen) atoms. The topological polar surface area (TPSA) is 64.7 Å². The van der Waals surface area contributed by atoms with Gasteiger partial charge in [0.2, 0.25) is 0 Å². The van der Waals surface area contributed by atoms with Crippen molar-refractivity contribution in [3.63, 3.8) is 0 Å². The van der Waals surface area contributed by atoms with Crippen LogP contribution in [0.2, 0.25) is 5.02 Å². The highest BCUT2D eigenvalue weighted by atomic mass is 35.5. The highest BCUT2D eigenvalue weighted by Crippen LogP contribution is 2.18. The lowest BCUT2D eigenvalue weighted by Gasteiger charge is -2.16. The van der Waals surface area contributed by atoms with E-state index < -0.39 is 0 Å². The van der Waals surface area contributed by atoms with Crippen LogP contribution in [0.25, 0.3) is 10.9 Å². The summed E-state index contributed by atoms with van der Waals surface area (Å²) in [6, 6.07) is 7.53. The van der Waals surface area contributed by atoms with Gasteiger partial charge in [-0.2, -0.15) is 5.10 Å². The van der Waals surface area contributed by atoms with Crippen molar-refractivity contribution < 1.29 is 0 Å². The molecule has 7 heteroatoms. The van der Waals surface area contributed by atoms with Gasteiger partial charge in [-0.1, -0.05) is 23.7 Å². The van der Waals surface area contributed by atoms with Crippen molar-refractivity contribution in [1.29, 1.82) is 0 Å². The Labute approximate surface area is 151 Å². The summed E-state index contributed by atoms with van der Waals surface area (Å²) in [5.74, 6) is 0. The number of hydrogen-bond donors (Lipinski definition) is 1. The van der Waals surface area contributed by atoms with Crippen LogP contribution in [0.5, 0.6) is 0 Å². The maximum Gasteiger partial charge on any atom is 0.261 e. The van der Waals surface area contributed by atoms with Crippen molar-refractivity contribution in [1.82, 2.24) is 24.6 Å². The molecule has 0 radical (unpaired) electrons. The number of fused-ring (bicyclic) bond motifs is 1. The van der Waals surface area contributed by atoms with E-state index in [1.54, 1.807) is 10.9 Å². The number of aryl methyl sites for hydroxylation is 1. The summed E-state index contributed by atoms with van der Waals surface area (Å²) < 4.78 is 3.56. The molecule has 0 fully saturated rings. The van der Waals surface area contributed by atoms with E-state index in [0.717, 1.165) is 35.0 Å². The van der Waals surface area contributed by atoms with Gasteiger partial charge < -0.3 is 5.32 Å². The number of para-hydroxylation sites is 1. The van der Waals surface area contributed by atoms with Gasteiger partial charge in [-0.05, 0) is 32.9 Å². The van der Waals surface area contributed by atoms with E-state index in [1.807, 2.05) is 42.8 Å². The summed E-state index contributed by atoms with van der Waals surface area (Å²) in [4.78, 5) is 16.9. The fourth-order valence-electron chi connectivity index (χ4n) is 2.91. The first-order valence-corrected chi connectivity index (χ1v) is 8.72. The van der Waals surface area contributed by atoms with Gasteiger partial charge in [0.05, 0.1) is 40.2 Å². The van der Waals surface area contributed by atoms with E-state index in [-0.39, 0.29) is 11.6 Å². The van der Waals surface area contributed by atoms with Gasteiger partial charge >= 0.3 is 0 Å². The van der Waals surface area contributed by atoms with Crippen molar-refractivity contribution in [2.75, 3.05) is 6.54 Å². The predicted molar refractivity (Wildman–Crippen MR) is 100 cm³/mol. The highest BCUT2D eigenvalue weighted by molar-refractivity contribution is 6.31. The summed E-state index contributed by atoms with van der Waals surface area (Å²) in [6.07, 6.45) is 1.61. The Kier molecular flexibility index (Phi) is 5.20. The van der Waals surface area contributed by atoms with E-state index >= 15 is 0 Å². The normalized spacial score (nSPS) is 12.6. The number of hydrogen-bond acceptors (Lipinski definition) is 4. The third-order valence-corrected chi connectivity index (χ3v) is 4.86. The van der Waals surface area contributed by atoms with Crippen molar-refractivity contribution in [2.24, 2.45) is 0 Å². The van der Waals surface area contributed by atoms with Crippen molar-refractivity contribution in [3.8, 4) is 0 Å². The average molecular weight is 360 g/mol. The molecule has 1 N–H and O–H groups in total. The Morgan fingerprint density at radius 3 is 2.76 bits per heavy atom. The third-order valence-electron chi connectivity index (χ3n) is 4.31. The Morgan fingerprint density at radius 1 is 1.28 bits per heavy atom. The van der Waals surface area contributed by atoms with Crippen LogP contribution in [-0.4, -0.2) is 31.9 Å². The molecule has 132 valence electrons. The molecule has 1 aromatic carbocycles. The molecular weight excluding hydrogens is 338 g/mol. The van der Waals surface area contributed by atoms with Crippen LogP contribution in [0.1, 0.15) is 18.3 Å². The number of aromatic nitrogens is 4. The van der Waals surface area contributed by atoms with E-state index in [9.17, 15) is 4.79 Å². The number of halogens is 1. The van der Waals surface area contributed by atoms with Crippen molar-refractivity contribution in [2.45, 2.75) is 39.9 Å². The molecular formula is C18H22ClN5O. The second kappa shape index (κ2) is 7.37. The largest absolute Gasteiger partial charge is 0.311 e. The second-order valence-electron chi connectivity index (χ2n) is 6.28. The quantitative estimate of drug-likeness (QED) is 0.734. The predicted octanol–water partition coefficient (Wildman–Crippen LogP) is 2.54. The first kappa shape index (κ1) is 17.6. The monoisotopic (exact) mass is 359 g/mol. The number of benzene rings is 1. The molecule has 0 aliphatic carbocycles. The Bertz CT molecular complexity index is 946. The van der Waals surface area contributed by atoms with Gasteiger partial charge in [0.1, 0.15) is 0 Å². The summed E-state index contributed by atoms with van der Waals surface area (Å²) in [7, 11) is 0. The fourth-order valence-corrected chi connectivity index (χ4v) is 3.04. The molecule has 0 bridgehead atoms. The minimum Gasteiger partial charge on any atom is -0.311 e. The van der Waals surface area contributed by atoms with Crippen molar-refractivity contribution in [3.05, 3.63) is 57.4 Å².